The predicted octanol–water partition coefficient (Wildman–Crippen LogP) is 3.58. The molecule has 0 atom stereocenters. The van der Waals surface area contributed by atoms with Gasteiger partial charge >= 0.3 is 5.97 Å². The molecule has 0 fully saturated rings. The topological polar surface area (TPSA) is 76.7 Å². The minimum Gasteiger partial charge on any atom is -0.495 e. The summed E-state index contributed by atoms with van der Waals surface area (Å²) >= 11 is 5.96. The van der Waals surface area contributed by atoms with Crippen LogP contribution in [0.5, 0.6) is 5.75 Å². The number of nitrogens with one attached hydrogen (secondary N) is 2. The van der Waals surface area contributed by atoms with Crippen LogP contribution < -0.4 is 15.4 Å². The summed E-state index contributed by atoms with van der Waals surface area (Å²) in [6, 6.07) is 11.8. The Kier molecular flexibility index (Phi) is 6.65. The van der Waals surface area contributed by atoms with E-state index < -0.39 is 5.97 Å². The van der Waals surface area contributed by atoms with Crippen LogP contribution in [0.1, 0.15) is 16.8 Å². The number of carbonyl (C=O) groups is 2. The number of hydrogen-bond acceptors (Lipinski definition) is 5. The van der Waals surface area contributed by atoms with Gasteiger partial charge in [-0.1, -0.05) is 17.7 Å². The van der Waals surface area contributed by atoms with Crippen molar-refractivity contribution < 1.29 is 19.1 Å². The lowest BCUT2D eigenvalue weighted by atomic mass is 10.2. The minimum atomic E-state index is -0.453. The third kappa shape index (κ3) is 5.39. The van der Waals surface area contributed by atoms with Gasteiger partial charge in [0.1, 0.15) is 5.75 Å². The van der Waals surface area contributed by atoms with E-state index in [1.54, 1.807) is 49.6 Å². The first-order valence-corrected chi connectivity index (χ1v) is 7.97. The average molecular weight is 363 g/mol. The van der Waals surface area contributed by atoms with Gasteiger partial charge in [-0.3, -0.25) is 4.79 Å². The van der Waals surface area contributed by atoms with Crippen LogP contribution in [-0.2, 0) is 9.53 Å². The molecule has 2 aromatic carbocycles. The first-order chi connectivity index (χ1) is 12.0. The standard InChI is InChI=1S/C18H19ClN2O4/c1-24-16-7-6-13(19)11-15(16)20-9-8-17(22)21-14-5-3-4-12(10-14)18(23)25-2/h3-7,10-11,20H,8-9H2,1-2H3,(H,21,22). The van der Waals surface area contributed by atoms with E-state index in [-0.39, 0.29) is 12.3 Å². The summed E-state index contributed by atoms with van der Waals surface area (Å²) in [5, 5.41) is 6.44. The summed E-state index contributed by atoms with van der Waals surface area (Å²) in [5.74, 6) is 0.0110. The van der Waals surface area contributed by atoms with E-state index in [9.17, 15) is 9.59 Å². The van der Waals surface area contributed by atoms with Crippen molar-refractivity contribution >= 4 is 34.9 Å². The van der Waals surface area contributed by atoms with Crippen LogP contribution in [0.25, 0.3) is 0 Å². The van der Waals surface area contributed by atoms with E-state index in [1.807, 2.05) is 0 Å². The number of esters is 1. The van der Waals surface area contributed by atoms with Crippen LogP contribution in [0.3, 0.4) is 0 Å². The van der Waals surface area contributed by atoms with Crippen molar-refractivity contribution in [2.24, 2.45) is 0 Å². The molecule has 0 saturated heterocycles. The van der Waals surface area contributed by atoms with E-state index in [4.69, 9.17) is 16.3 Å². The van der Waals surface area contributed by atoms with Crippen LogP contribution in [-0.4, -0.2) is 32.6 Å². The van der Waals surface area contributed by atoms with Gasteiger partial charge < -0.3 is 20.1 Å². The normalized spacial score (nSPS) is 10.0. The number of halogens is 1. The Balaban J connectivity index is 1.89. The fourth-order valence-electron chi connectivity index (χ4n) is 2.19. The molecule has 0 radical (unpaired) electrons. The van der Waals surface area contributed by atoms with Gasteiger partial charge in [-0.15, -0.1) is 0 Å². The molecule has 0 heterocycles. The number of methoxy groups -OCH3 is 2. The molecular weight excluding hydrogens is 344 g/mol. The summed E-state index contributed by atoms with van der Waals surface area (Å²) in [4.78, 5) is 23.6. The number of rotatable bonds is 7. The zero-order chi connectivity index (χ0) is 18.2. The van der Waals surface area contributed by atoms with Crippen LogP contribution in [0.4, 0.5) is 11.4 Å². The van der Waals surface area contributed by atoms with E-state index in [0.717, 1.165) is 5.69 Å². The highest BCUT2D eigenvalue weighted by molar-refractivity contribution is 6.30. The second-order valence-electron chi connectivity index (χ2n) is 5.14. The van der Waals surface area contributed by atoms with Gasteiger partial charge in [-0.05, 0) is 36.4 Å². The number of benzene rings is 2. The van der Waals surface area contributed by atoms with Gasteiger partial charge in [0.05, 0.1) is 25.5 Å². The molecule has 132 valence electrons. The molecule has 0 aromatic heterocycles. The lowest BCUT2D eigenvalue weighted by Gasteiger charge is -2.12. The van der Waals surface area contributed by atoms with Crippen molar-refractivity contribution in [1.29, 1.82) is 0 Å². The van der Waals surface area contributed by atoms with Crippen LogP contribution in [0.15, 0.2) is 42.5 Å². The first kappa shape index (κ1) is 18.6. The van der Waals surface area contributed by atoms with Gasteiger partial charge in [0.15, 0.2) is 0 Å². The molecule has 0 aliphatic rings. The van der Waals surface area contributed by atoms with Gasteiger partial charge in [-0.25, -0.2) is 4.79 Å². The zero-order valence-electron chi connectivity index (χ0n) is 14.0. The summed E-state index contributed by atoms with van der Waals surface area (Å²) in [6.07, 6.45) is 0.234. The average Bonchev–Trinajstić information content (AvgIpc) is 2.61. The molecule has 0 unspecified atom stereocenters. The fourth-order valence-corrected chi connectivity index (χ4v) is 2.37. The molecule has 7 heteroatoms. The molecule has 0 aliphatic heterocycles. The quantitative estimate of drug-likeness (QED) is 0.736. The highest BCUT2D eigenvalue weighted by atomic mass is 35.5. The summed E-state index contributed by atoms with van der Waals surface area (Å²) in [5.41, 5.74) is 1.63. The Morgan fingerprint density at radius 2 is 1.92 bits per heavy atom. The third-order valence-electron chi connectivity index (χ3n) is 3.40. The SMILES string of the molecule is COC(=O)c1cccc(NC(=O)CCNc2cc(Cl)ccc2OC)c1. The maximum atomic E-state index is 12.1. The zero-order valence-corrected chi connectivity index (χ0v) is 14.7. The Hall–Kier alpha value is -2.73. The highest BCUT2D eigenvalue weighted by Gasteiger charge is 2.08. The van der Waals surface area contributed by atoms with Gasteiger partial charge in [0, 0.05) is 23.7 Å². The number of amides is 1. The smallest absolute Gasteiger partial charge is 0.337 e. The van der Waals surface area contributed by atoms with E-state index >= 15 is 0 Å². The number of hydrogen-bond donors (Lipinski definition) is 2. The number of anilines is 2. The molecule has 2 N–H and O–H groups in total. The summed E-state index contributed by atoms with van der Waals surface area (Å²) in [6.45, 7) is 0.402. The van der Waals surface area contributed by atoms with Crippen LogP contribution in [0, 0.1) is 0 Å². The van der Waals surface area contributed by atoms with Gasteiger partial charge in [0.25, 0.3) is 0 Å². The predicted molar refractivity (Wildman–Crippen MR) is 97.5 cm³/mol. The van der Waals surface area contributed by atoms with Crippen molar-refractivity contribution in [3.05, 3.63) is 53.1 Å². The molecule has 2 rings (SSSR count). The van der Waals surface area contributed by atoms with E-state index in [1.165, 1.54) is 7.11 Å². The van der Waals surface area contributed by atoms with E-state index in [0.29, 0.717) is 28.6 Å². The maximum Gasteiger partial charge on any atom is 0.337 e. The minimum absolute atomic E-state index is 0.185. The number of carbonyl (C=O) groups excluding carboxylic acids is 2. The van der Waals surface area contributed by atoms with Crippen molar-refractivity contribution in [1.82, 2.24) is 0 Å². The summed E-state index contributed by atoms with van der Waals surface area (Å²) in [7, 11) is 2.87. The fraction of sp³-hybridized carbons (Fsp3) is 0.222. The van der Waals surface area contributed by atoms with Crippen LogP contribution in [0.2, 0.25) is 5.02 Å². The van der Waals surface area contributed by atoms with Crippen molar-refractivity contribution in [3.63, 3.8) is 0 Å². The second kappa shape index (κ2) is 8.94. The lowest BCUT2D eigenvalue weighted by Crippen LogP contribution is -2.16. The van der Waals surface area contributed by atoms with Crippen LogP contribution >= 0.6 is 11.6 Å². The molecule has 0 bridgehead atoms. The number of ether oxygens (including phenoxy) is 2. The molecule has 1 amide bonds. The first-order valence-electron chi connectivity index (χ1n) is 7.59. The Morgan fingerprint density at radius 3 is 2.64 bits per heavy atom. The van der Waals surface area contributed by atoms with Gasteiger partial charge in [0.2, 0.25) is 5.91 Å². The maximum absolute atomic E-state index is 12.1. The largest absolute Gasteiger partial charge is 0.495 e. The van der Waals surface area contributed by atoms with Gasteiger partial charge in [-0.2, -0.15) is 0 Å². The molecule has 0 aliphatic carbocycles. The lowest BCUT2D eigenvalue weighted by molar-refractivity contribution is -0.115. The highest BCUT2D eigenvalue weighted by Crippen LogP contribution is 2.27. The van der Waals surface area contributed by atoms with E-state index in [2.05, 4.69) is 15.4 Å². The Labute approximate surface area is 151 Å². The molecular formula is C18H19ClN2O4. The Morgan fingerprint density at radius 1 is 1.12 bits per heavy atom. The van der Waals surface area contributed by atoms with Crippen molar-refractivity contribution in [3.8, 4) is 5.75 Å². The molecule has 6 nitrogen and oxygen atoms in total. The Bertz CT molecular complexity index is 764. The summed E-state index contributed by atoms with van der Waals surface area (Å²) < 4.78 is 9.89. The second-order valence-corrected chi connectivity index (χ2v) is 5.58. The molecule has 25 heavy (non-hydrogen) atoms. The van der Waals surface area contributed by atoms with Crippen molar-refractivity contribution in [2.75, 3.05) is 31.4 Å². The molecule has 0 saturated carbocycles. The monoisotopic (exact) mass is 362 g/mol. The molecule has 0 spiro atoms. The molecule has 2 aromatic rings. The van der Waals surface area contributed by atoms with Crippen molar-refractivity contribution in [2.45, 2.75) is 6.42 Å². The third-order valence-corrected chi connectivity index (χ3v) is 3.63.